The van der Waals surface area contributed by atoms with E-state index in [9.17, 15) is 0 Å². The van der Waals surface area contributed by atoms with E-state index in [4.69, 9.17) is 17.4 Å². The van der Waals surface area contributed by atoms with Crippen LogP contribution < -0.4 is 11.3 Å². The van der Waals surface area contributed by atoms with Crippen LogP contribution in [0.1, 0.15) is 32.4 Å². The van der Waals surface area contributed by atoms with Crippen molar-refractivity contribution >= 4 is 11.6 Å². The number of nitrogens with two attached hydrogens (primary N) is 1. The lowest BCUT2D eigenvalue weighted by Gasteiger charge is -2.30. The fourth-order valence-electron chi connectivity index (χ4n) is 1.44. The van der Waals surface area contributed by atoms with Gasteiger partial charge in [-0.1, -0.05) is 32.4 Å². The third-order valence-electron chi connectivity index (χ3n) is 2.12. The van der Waals surface area contributed by atoms with Crippen LogP contribution in [0, 0.1) is 5.41 Å². The van der Waals surface area contributed by atoms with E-state index in [0.29, 0.717) is 5.15 Å². The van der Waals surface area contributed by atoms with Crippen LogP contribution in [-0.2, 0) is 0 Å². The zero-order valence-electron chi connectivity index (χ0n) is 8.71. The van der Waals surface area contributed by atoms with E-state index in [2.05, 4.69) is 31.2 Å². The van der Waals surface area contributed by atoms with Crippen LogP contribution in [0.3, 0.4) is 0 Å². The maximum Gasteiger partial charge on any atom is 0.129 e. The molecular weight excluding hydrogens is 198 g/mol. The molecule has 0 fully saturated rings. The van der Waals surface area contributed by atoms with Crippen LogP contribution in [-0.4, -0.2) is 4.98 Å². The topological polar surface area (TPSA) is 50.9 Å². The van der Waals surface area contributed by atoms with E-state index in [1.54, 1.807) is 6.20 Å². The molecule has 0 bridgehead atoms. The van der Waals surface area contributed by atoms with Gasteiger partial charge in [-0.15, -0.1) is 0 Å². The van der Waals surface area contributed by atoms with Gasteiger partial charge in [0.25, 0.3) is 0 Å². The van der Waals surface area contributed by atoms with Crippen LogP contribution >= 0.6 is 11.6 Å². The van der Waals surface area contributed by atoms with Crippen molar-refractivity contribution in [3.05, 3.63) is 29.0 Å². The molecule has 1 rings (SSSR count). The summed E-state index contributed by atoms with van der Waals surface area (Å²) in [5.41, 5.74) is 3.90. The van der Waals surface area contributed by atoms with Gasteiger partial charge in [0.15, 0.2) is 0 Å². The Bertz CT molecular complexity index is 306. The van der Waals surface area contributed by atoms with E-state index in [1.165, 1.54) is 0 Å². The van der Waals surface area contributed by atoms with Gasteiger partial charge in [-0.2, -0.15) is 0 Å². The lowest BCUT2D eigenvalue weighted by Crippen LogP contribution is -2.36. The quantitative estimate of drug-likeness (QED) is 0.450. The molecule has 0 aromatic carbocycles. The minimum absolute atomic E-state index is 0.0411. The van der Waals surface area contributed by atoms with E-state index in [1.807, 2.05) is 12.1 Å². The smallest absolute Gasteiger partial charge is 0.129 e. The normalized spacial score (nSPS) is 14.1. The third kappa shape index (κ3) is 2.67. The maximum absolute atomic E-state index is 5.82. The Kier molecular flexibility index (Phi) is 3.48. The minimum Gasteiger partial charge on any atom is -0.271 e. The highest BCUT2D eigenvalue weighted by atomic mass is 35.5. The van der Waals surface area contributed by atoms with Crippen molar-refractivity contribution in [1.29, 1.82) is 0 Å². The van der Waals surface area contributed by atoms with Crippen molar-refractivity contribution in [3.8, 4) is 0 Å². The summed E-state index contributed by atoms with van der Waals surface area (Å²) in [4.78, 5) is 3.94. The summed E-state index contributed by atoms with van der Waals surface area (Å²) in [6, 6.07) is 3.82. The molecule has 3 nitrogen and oxygen atoms in total. The summed E-state index contributed by atoms with van der Waals surface area (Å²) < 4.78 is 0. The Morgan fingerprint density at radius 2 is 2.14 bits per heavy atom. The Morgan fingerprint density at radius 1 is 1.50 bits per heavy atom. The van der Waals surface area contributed by atoms with Crippen LogP contribution in [0.4, 0.5) is 0 Å². The van der Waals surface area contributed by atoms with Gasteiger partial charge < -0.3 is 0 Å². The molecule has 3 N–H and O–H groups in total. The second-order valence-corrected chi connectivity index (χ2v) is 4.76. The summed E-state index contributed by atoms with van der Waals surface area (Å²) in [5.74, 6) is 5.53. The van der Waals surface area contributed by atoms with Crippen molar-refractivity contribution < 1.29 is 0 Å². The zero-order chi connectivity index (χ0) is 10.8. The number of rotatable bonds is 2. The monoisotopic (exact) mass is 213 g/mol. The lowest BCUT2D eigenvalue weighted by atomic mass is 9.83. The summed E-state index contributed by atoms with van der Waals surface area (Å²) in [6.07, 6.45) is 1.69. The van der Waals surface area contributed by atoms with E-state index >= 15 is 0 Å². The number of hydrazine groups is 1. The average molecular weight is 214 g/mol. The SMILES string of the molecule is CC(C)(C)C(NN)c1ccnc(Cl)c1. The Balaban J connectivity index is 3.01. The molecule has 14 heavy (non-hydrogen) atoms. The highest BCUT2D eigenvalue weighted by Gasteiger charge is 2.25. The fraction of sp³-hybridized carbons (Fsp3) is 0.500. The summed E-state index contributed by atoms with van der Waals surface area (Å²) >= 11 is 5.82. The van der Waals surface area contributed by atoms with Crippen LogP contribution in [0.5, 0.6) is 0 Å². The fourth-order valence-corrected chi connectivity index (χ4v) is 1.63. The summed E-state index contributed by atoms with van der Waals surface area (Å²) in [6.45, 7) is 6.35. The van der Waals surface area contributed by atoms with Crippen molar-refractivity contribution in [2.75, 3.05) is 0 Å². The first-order chi connectivity index (χ1) is 6.45. The molecular formula is C10H16ClN3. The Morgan fingerprint density at radius 3 is 2.57 bits per heavy atom. The molecule has 1 aromatic rings. The largest absolute Gasteiger partial charge is 0.271 e. The van der Waals surface area contributed by atoms with Gasteiger partial charge in [-0.05, 0) is 23.1 Å². The number of nitrogens with one attached hydrogen (secondary N) is 1. The highest BCUT2D eigenvalue weighted by Crippen LogP contribution is 2.32. The lowest BCUT2D eigenvalue weighted by molar-refractivity contribution is 0.275. The van der Waals surface area contributed by atoms with E-state index < -0.39 is 0 Å². The molecule has 0 radical (unpaired) electrons. The van der Waals surface area contributed by atoms with E-state index in [-0.39, 0.29) is 11.5 Å². The number of aromatic nitrogens is 1. The van der Waals surface area contributed by atoms with Gasteiger partial charge in [0.05, 0.1) is 6.04 Å². The number of hydrogen-bond donors (Lipinski definition) is 2. The van der Waals surface area contributed by atoms with Crippen LogP contribution in [0.25, 0.3) is 0 Å². The first-order valence-electron chi connectivity index (χ1n) is 4.52. The van der Waals surface area contributed by atoms with Crippen molar-refractivity contribution in [3.63, 3.8) is 0 Å². The predicted octanol–water partition coefficient (Wildman–Crippen LogP) is 2.29. The molecule has 0 aliphatic heterocycles. The van der Waals surface area contributed by atoms with Crippen molar-refractivity contribution in [2.24, 2.45) is 11.3 Å². The molecule has 0 spiro atoms. The number of halogens is 1. The van der Waals surface area contributed by atoms with Crippen molar-refractivity contribution in [2.45, 2.75) is 26.8 Å². The number of pyridine rings is 1. The zero-order valence-corrected chi connectivity index (χ0v) is 9.47. The van der Waals surface area contributed by atoms with Gasteiger partial charge in [0, 0.05) is 6.20 Å². The second kappa shape index (κ2) is 4.26. The number of nitrogens with zero attached hydrogens (tertiary/aromatic N) is 1. The molecule has 4 heteroatoms. The molecule has 1 aromatic heterocycles. The Labute approximate surface area is 89.6 Å². The molecule has 1 heterocycles. The molecule has 78 valence electrons. The van der Waals surface area contributed by atoms with Gasteiger partial charge in [0.1, 0.15) is 5.15 Å². The minimum atomic E-state index is 0.0411. The first kappa shape index (κ1) is 11.4. The molecule has 0 saturated carbocycles. The van der Waals surface area contributed by atoms with Gasteiger partial charge in [-0.3, -0.25) is 11.3 Å². The second-order valence-electron chi connectivity index (χ2n) is 4.38. The van der Waals surface area contributed by atoms with Gasteiger partial charge in [-0.25, -0.2) is 4.98 Å². The highest BCUT2D eigenvalue weighted by molar-refractivity contribution is 6.29. The molecule has 1 unspecified atom stereocenters. The molecule has 1 atom stereocenters. The van der Waals surface area contributed by atoms with Gasteiger partial charge in [0.2, 0.25) is 0 Å². The first-order valence-corrected chi connectivity index (χ1v) is 4.90. The molecule has 0 saturated heterocycles. The standard InChI is InChI=1S/C10H16ClN3/c1-10(2,3)9(14-12)7-4-5-13-8(11)6-7/h4-6,9,14H,12H2,1-3H3. The average Bonchev–Trinajstić information content (AvgIpc) is 2.02. The predicted molar refractivity (Wildman–Crippen MR) is 58.8 cm³/mol. The molecule has 0 aliphatic rings. The third-order valence-corrected chi connectivity index (χ3v) is 2.32. The maximum atomic E-state index is 5.82. The molecule has 0 aliphatic carbocycles. The van der Waals surface area contributed by atoms with Crippen LogP contribution in [0.2, 0.25) is 5.15 Å². The van der Waals surface area contributed by atoms with Gasteiger partial charge >= 0.3 is 0 Å². The molecule has 0 amide bonds. The summed E-state index contributed by atoms with van der Waals surface area (Å²) in [7, 11) is 0. The summed E-state index contributed by atoms with van der Waals surface area (Å²) in [5, 5.41) is 0.493. The van der Waals surface area contributed by atoms with E-state index in [0.717, 1.165) is 5.56 Å². The van der Waals surface area contributed by atoms with Crippen molar-refractivity contribution in [1.82, 2.24) is 10.4 Å². The van der Waals surface area contributed by atoms with Crippen LogP contribution in [0.15, 0.2) is 18.3 Å². The Hall–Kier alpha value is -0.640. The number of hydrogen-bond acceptors (Lipinski definition) is 3.